The molecule has 3 N–H and O–H groups in total. The summed E-state index contributed by atoms with van der Waals surface area (Å²) in [6.45, 7) is 0. The Kier molecular flexibility index (Phi) is 11.1. The van der Waals surface area contributed by atoms with Crippen LogP contribution in [0.15, 0.2) is 72.8 Å². The van der Waals surface area contributed by atoms with Gasteiger partial charge in [-0.2, -0.15) is 0 Å². The highest BCUT2D eigenvalue weighted by atomic mass is 16.4. The maximum atomic E-state index is 12.8. The number of rotatable bonds is 10. The molecule has 2 aromatic rings. The lowest BCUT2D eigenvalue weighted by Gasteiger charge is -2.44. The van der Waals surface area contributed by atoms with Crippen molar-refractivity contribution in [1.82, 2.24) is 0 Å². The number of carboxylic acid groups (broad SMARTS) is 1. The van der Waals surface area contributed by atoms with E-state index in [-0.39, 0.29) is 17.6 Å². The van der Waals surface area contributed by atoms with Gasteiger partial charge in [0.15, 0.2) is 0 Å². The molecule has 0 aliphatic heterocycles. The number of aldehydes is 1. The Morgan fingerprint density at radius 2 is 1.82 bits per heavy atom. The molecule has 1 spiro atoms. The zero-order valence-corrected chi connectivity index (χ0v) is 26.0. The fourth-order valence-electron chi connectivity index (χ4n) is 8.51. The number of carboxylic acids is 1. The number of aliphatic carboxylic acids is 1. The summed E-state index contributed by atoms with van der Waals surface area (Å²) in [6.07, 6.45) is 21.7. The van der Waals surface area contributed by atoms with Crippen LogP contribution in [0, 0.1) is 23.7 Å². The summed E-state index contributed by atoms with van der Waals surface area (Å²) in [5.74, 6) is 0.0214. The van der Waals surface area contributed by atoms with Crippen molar-refractivity contribution in [2.75, 3.05) is 0 Å². The molecule has 3 aliphatic carbocycles. The van der Waals surface area contributed by atoms with Gasteiger partial charge in [-0.3, -0.25) is 4.79 Å². The Morgan fingerprint density at radius 1 is 1.00 bits per heavy atom. The predicted molar refractivity (Wildman–Crippen MR) is 175 cm³/mol. The van der Waals surface area contributed by atoms with E-state index < -0.39 is 23.4 Å². The monoisotopic (exact) mass is 598 g/mol. The number of aromatic hydroxyl groups is 1. The van der Waals surface area contributed by atoms with Gasteiger partial charge in [0.05, 0.1) is 12.0 Å². The van der Waals surface area contributed by atoms with Gasteiger partial charge < -0.3 is 20.1 Å². The van der Waals surface area contributed by atoms with E-state index in [1.54, 1.807) is 12.1 Å². The third-order valence-electron chi connectivity index (χ3n) is 10.9. The van der Waals surface area contributed by atoms with Crippen LogP contribution < -0.4 is 0 Å². The zero-order valence-electron chi connectivity index (χ0n) is 26.0. The summed E-state index contributed by atoms with van der Waals surface area (Å²) < 4.78 is 0. The Labute approximate surface area is 263 Å². The number of benzene rings is 2. The van der Waals surface area contributed by atoms with Gasteiger partial charge in [0.1, 0.15) is 12.0 Å². The van der Waals surface area contributed by atoms with Crippen molar-refractivity contribution in [3.05, 3.63) is 89.5 Å². The fraction of sp³-hybridized carbons (Fsp3) is 0.538. The molecule has 0 saturated heterocycles. The van der Waals surface area contributed by atoms with E-state index >= 15 is 0 Å². The van der Waals surface area contributed by atoms with Crippen molar-refractivity contribution in [3.63, 3.8) is 0 Å². The molecule has 5 rings (SSSR count). The van der Waals surface area contributed by atoms with Crippen LogP contribution in [-0.2, 0) is 21.4 Å². The summed E-state index contributed by atoms with van der Waals surface area (Å²) in [6, 6.07) is 16.2. The number of aliphatic hydroxyl groups is 1. The van der Waals surface area contributed by atoms with Crippen molar-refractivity contribution in [2.45, 2.75) is 107 Å². The zero-order chi connectivity index (χ0) is 30.9. The van der Waals surface area contributed by atoms with E-state index in [0.29, 0.717) is 24.7 Å². The Hall–Kier alpha value is -3.18. The number of fused-ring (bicyclic) bond motifs is 3. The average molecular weight is 599 g/mol. The molecule has 44 heavy (non-hydrogen) atoms. The molecule has 7 atom stereocenters. The number of aliphatic hydroxyl groups excluding tert-OH is 1. The number of phenols is 1. The molecular weight excluding hydrogens is 548 g/mol. The van der Waals surface area contributed by atoms with Gasteiger partial charge in [0.2, 0.25) is 0 Å². The quantitative estimate of drug-likeness (QED) is 0.145. The first-order valence-electron chi connectivity index (χ1n) is 17.0. The van der Waals surface area contributed by atoms with E-state index in [1.165, 1.54) is 11.1 Å². The van der Waals surface area contributed by atoms with Crippen LogP contribution in [0.1, 0.15) is 106 Å². The van der Waals surface area contributed by atoms with Gasteiger partial charge in [-0.25, -0.2) is 0 Å². The summed E-state index contributed by atoms with van der Waals surface area (Å²) in [5.41, 5.74) is 2.85. The minimum Gasteiger partial charge on any atom is -0.508 e. The van der Waals surface area contributed by atoms with E-state index in [1.807, 2.05) is 0 Å². The standard InChI is InChI=1S/C39H50O5/c40-27-32(29-11-4-5-12-29)15-3-1-2-13-30-14-6-7-18-37(38(43)44)39(23-9-17-35(42)26-39)33-16-8-10-28(24-33)25-36(30)31-19-21-34(41)22-20-31/h4,6-8,10-11,16,19-22,24,27,29-30,32,35-37,41-42H,1-3,5,9,12-15,17-18,23,25-26H2,(H,43,44). The van der Waals surface area contributed by atoms with Gasteiger partial charge in [-0.15, -0.1) is 0 Å². The number of hydrogen-bond acceptors (Lipinski definition) is 4. The van der Waals surface area contributed by atoms with Crippen LogP contribution in [-0.4, -0.2) is 33.7 Å². The third kappa shape index (κ3) is 7.72. The first kappa shape index (κ1) is 32.2. The van der Waals surface area contributed by atoms with Gasteiger partial charge in [0.25, 0.3) is 0 Å². The molecule has 0 heterocycles. The number of hydrogen-bond donors (Lipinski definition) is 3. The molecule has 0 radical (unpaired) electrons. The smallest absolute Gasteiger partial charge is 0.307 e. The lowest BCUT2D eigenvalue weighted by molar-refractivity contribution is -0.145. The van der Waals surface area contributed by atoms with Crippen molar-refractivity contribution in [3.8, 4) is 5.75 Å². The predicted octanol–water partition coefficient (Wildman–Crippen LogP) is 8.29. The van der Waals surface area contributed by atoms with Crippen LogP contribution >= 0.6 is 0 Å². The van der Waals surface area contributed by atoms with Crippen molar-refractivity contribution in [2.24, 2.45) is 23.7 Å². The Morgan fingerprint density at radius 3 is 2.55 bits per heavy atom. The van der Waals surface area contributed by atoms with Gasteiger partial charge in [0, 0.05) is 11.3 Å². The number of unbranched alkanes of at least 4 members (excludes halogenated alkanes) is 2. The van der Waals surface area contributed by atoms with Crippen LogP contribution in [0.25, 0.3) is 0 Å². The number of carbonyl (C=O) groups is 2. The SMILES string of the molecule is O=CC(CCCCCC1CC=CCC(C(=O)O)C2(CCCC(O)C2)c2cccc(c2)CC1c1ccc(O)cc1)C1C=CCC1. The lowest BCUT2D eigenvalue weighted by Crippen LogP contribution is -2.45. The van der Waals surface area contributed by atoms with Gasteiger partial charge in [-0.1, -0.05) is 80.0 Å². The first-order chi connectivity index (χ1) is 21.4. The van der Waals surface area contributed by atoms with E-state index in [0.717, 1.165) is 88.9 Å². The molecule has 1 saturated carbocycles. The van der Waals surface area contributed by atoms with E-state index in [9.17, 15) is 24.9 Å². The maximum Gasteiger partial charge on any atom is 0.307 e. The molecule has 2 bridgehead atoms. The lowest BCUT2D eigenvalue weighted by atomic mass is 9.60. The second kappa shape index (κ2) is 15.2. The van der Waals surface area contributed by atoms with Crippen molar-refractivity contribution in [1.29, 1.82) is 0 Å². The van der Waals surface area contributed by atoms with Crippen LogP contribution in [0.2, 0.25) is 0 Å². The second-order valence-electron chi connectivity index (χ2n) is 13.7. The number of allylic oxidation sites excluding steroid dienone is 4. The molecule has 5 heteroatoms. The second-order valence-corrected chi connectivity index (χ2v) is 13.7. The molecular formula is C39H50O5. The average Bonchev–Trinajstić information content (AvgIpc) is 3.55. The van der Waals surface area contributed by atoms with Crippen molar-refractivity contribution < 1.29 is 24.9 Å². The number of carbonyl (C=O) groups excluding carboxylic acids is 1. The summed E-state index contributed by atoms with van der Waals surface area (Å²) >= 11 is 0. The van der Waals surface area contributed by atoms with Crippen LogP contribution in [0.3, 0.4) is 0 Å². The molecule has 1 fully saturated rings. The molecule has 0 amide bonds. The molecule has 236 valence electrons. The highest BCUT2D eigenvalue weighted by Gasteiger charge is 2.47. The molecule has 3 aliphatic rings. The minimum atomic E-state index is -0.786. The summed E-state index contributed by atoms with van der Waals surface area (Å²) in [4.78, 5) is 24.5. The van der Waals surface area contributed by atoms with Crippen molar-refractivity contribution >= 4 is 12.3 Å². The highest BCUT2D eigenvalue weighted by Crippen LogP contribution is 2.48. The maximum absolute atomic E-state index is 12.8. The molecule has 5 nitrogen and oxygen atoms in total. The summed E-state index contributed by atoms with van der Waals surface area (Å²) in [7, 11) is 0. The highest BCUT2D eigenvalue weighted by molar-refractivity contribution is 5.73. The Bertz CT molecular complexity index is 1300. The number of phenolic OH excluding ortho intramolecular Hbond substituents is 1. The molecule has 7 unspecified atom stereocenters. The third-order valence-corrected chi connectivity index (χ3v) is 10.9. The fourth-order valence-corrected chi connectivity index (χ4v) is 8.51. The first-order valence-corrected chi connectivity index (χ1v) is 17.0. The molecule has 2 aromatic carbocycles. The normalized spacial score (nSPS) is 29.5. The van der Waals surface area contributed by atoms with E-state index in [2.05, 4.69) is 60.7 Å². The minimum absolute atomic E-state index is 0.130. The van der Waals surface area contributed by atoms with Crippen LogP contribution in [0.5, 0.6) is 5.75 Å². The topological polar surface area (TPSA) is 94.8 Å². The van der Waals surface area contributed by atoms with E-state index in [4.69, 9.17) is 0 Å². The Balaban J connectivity index is 1.39. The summed E-state index contributed by atoms with van der Waals surface area (Å²) in [5, 5.41) is 31.3. The van der Waals surface area contributed by atoms with Gasteiger partial charge in [-0.05, 0) is 117 Å². The largest absolute Gasteiger partial charge is 0.508 e. The van der Waals surface area contributed by atoms with Crippen LogP contribution in [0.4, 0.5) is 0 Å². The molecule has 0 aromatic heterocycles. The van der Waals surface area contributed by atoms with Gasteiger partial charge >= 0.3 is 5.97 Å².